The zero-order valence-corrected chi connectivity index (χ0v) is 10.5. The molecule has 0 amide bonds. The fourth-order valence-electron chi connectivity index (χ4n) is 2.56. The molecule has 1 rings (SSSR count). The van der Waals surface area contributed by atoms with Crippen LogP contribution >= 0.6 is 0 Å². The van der Waals surface area contributed by atoms with Gasteiger partial charge in [-0.3, -0.25) is 0 Å². The fourth-order valence-corrected chi connectivity index (χ4v) is 2.56. The summed E-state index contributed by atoms with van der Waals surface area (Å²) in [5.74, 6) is 0.636. The summed E-state index contributed by atoms with van der Waals surface area (Å²) in [6, 6.07) is 0. The van der Waals surface area contributed by atoms with Crippen LogP contribution in [0.3, 0.4) is 0 Å². The number of carboxylic acid groups (broad SMARTS) is 1. The predicted octanol–water partition coefficient (Wildman–Crippen LogP) is 4.01. The Morgan fingerprint density at radius 1 is 1.31 bits per heavy atom. The second kappa shape index (κ2) is 6.72. The van der Waals surface area contributed by atoms with Crippen molar-refractivity contribution >= 4 is 5.97 Å². The number of hydrogen-bond donors (Lipinski definition) is 1. The molecule has 0 aromatic heterocycles. The average molecular weight is 224 g/mol. The van der Waals surface area contributed by atoms with Crippen molar-refractivity contribution < 1.29 is 9.90 Å². The molecule has 0 aromatic carbocycles. The van der Waals surface area contributed by atoms with E-state index in [9.17, 15) is 4.79 Å². The van der Waals surface area contributed by atoms with Gasteiger partial charge in [0.15, 0.2) is 0 Å². The lowest BCUT2D eigenvalue weighted by molar-refractivity contribution is -0.132. The smallest absolute Gasteiger partial charge is 0.330 e. The Kier molecular flexibility index (Phi) is 5.58. The van der Waals surface area contributed by atoms with E-state index in [1.54, 1.807) is 6.92 Å². The highest BCUT2D eigenvalue weighted by atomic mass is 16.4. The van der Waals surface area contributed by atoms with Gasteiger partial charge in [-0.25, -0.2) is 4.79 Å². The van der Waals surface area contributed by atoms with Gasteiger partial charge in [0.2, 0.25) is 0 Å². The van der Waals surface area contributed by atoms with E-state index in [-0.39, 0.29) is 0 Å². The molecule has 0 aromatic rings. The second-order valence-corrected chi connectivity index (χ2v) is 5.08. The van der Waals surface area contributed by atoms with E-state index in [0.717, 1.165) is 5.92 Å². The van der Waals surface area contributed by atoms with Crippen LogP contribution in [-0.2, 0) is 4.79 Å². The Morgan fingerprint density at radius 2 is 1.94 bits per heavy atom. The number of carbonyl (C=O) groups is 1. The second-order valence-electron chi connectivity index (χ2n) is 5.08. The molecule has 0 saturated heterocycles. The summed E-state index contributed by atoms with van der Waals surface area (Å²) in [5, 5.41) is 8.81. The highest BCUT2D eigenvalue weighted by Crippen LogP contribution is 2.32. The Balaban J connectivity index is 2.32. The summed E-state index contributed by atoms with van der Waals surface area (Å²) in [6.07, 6.45) is 10.9. The first-order valence-electron chi connectivity index (χ1n) is 6.55. The summed E-state index contributed by atoms with van der Waals surface area (Å²) < 4.78 is 0. The van der Waals surface area contributed by atoms with Gasteiger partial charge in [0.1, 0.15) is 0 Å². The summed E-state index contributed by atoms with van der Waals surface area (Å²) >= 11 is 0. The molecule has 1 aliphatic rings. The van der Waals surface area contributed by atoms with Crippen LogP contribution in [0.2, 0.25) is 0 Å². The van der Waals surface area contributed by atoms with Crippen molar-refractivity contribution in [2.75, 3.05) is 0 Å². The molecule has 1 aliphatic carbocycles. The van der Waals surface area contributed by atoms with Gasteiger partial charge in [0.05, 0.1) is 0 Å². The van der Waals surface area contributed by atoms with Crippen molar-refractivity contribution in [2.24, 2.45) is 11.8 Å². The highest BCUT2D eigenvalue weighted by Gasteiger charge is 2.19. The van der Waals surface area contributed by atoms with E-state index in [0.29, 0.717) is 11.5 Å². The third-order valence-corrected chi connectivity index (χ3v) is 3.68. The molecule has 0 heterocycles. The molecule has 92 valence electrons. The summed E-state index contributed by atoms with van der Waals surface area (Å²) in [6.45, 7) is 3.94. The normalized spacial score (nSPS) is 26.8. The molecule has 2 heteroatoms. The zero-order chi connectivity index (χ0) is 12.0. The molecule has 0 radical (unpaired) electrons. The minimum atomic E-state index is -0.770. The zero-order valence-electron chi connectivity index (χ0n) is 10.5. The molecule has 1 fully saturated rings. The van der Waals surface area contributed by atoms with Crippen LogP contribution in [-0.4, -0.2) is 11.1 Å². The highest BCUT2D eigenvalue weighted by molar-refractivity contribution is 5.85. The van der Waals surface area contributed by atoms with Gasteiger partial charge < -0.3 is 5.11 Å². The van der Waals surface area contributed by atoms with Gasteiger partial charge in [0, 0.05) is 5.57 Å². The topological polar surface area (TPSA) is 37.3 Å². The summed E-state index contributed by atoms with van der Waals surface area (Å²) in [5.41, 5.74) is 0.511. The molecule has 0 aliphatic heterocycles. The third kappa shape index (κ3) is 4.38. The first-order chi connectivity index (χ1) is 7.63. The van der Waals surface area contributed by atoms with Crippen LogP contribution in [0.5, 0.6) is 0 Å². The maximum atomic E-state index is 10.7. The molecular formula is C14H24O2. The van der Waals surface area contributed by atoms with Gasteiger partial charge in [-0.05, 0) is 44.4 Å². The van der Waals surface area contributed by atoms with Crippen LogP contribution in [0.4, 0.5) is 0 Å². The molecule has 1 saturated carbocycles. The monoisotopic (exact) mass is 224 g/mol. The maximum absolute atomic E-state index is 10.7. The van der Waals surface area contributed by atoms with E-state index in [1.807, 2.05) is 6.08 Å². The lowest BCUT2D eigenvalue weighted by atomic mass is 9.79. The number of carboxylic acids is 1. The molecule has 0 bridgehead atoms. The van der Waals surface area contributed by atoms with E-state index in [2.05, 4.69) is 6.92 Å². The molecule has 16 heavy (non-hydrogen) atoms. The van der Waals surface area contributed by atoms with Gasteiger partial charge in [-0.2, -0.15) is 0 Å². The lowest BCUT2D eigenvalue weighted by Gasteiger charge is -2.26. The first kappa shape index (κ1) is 13.3. The Labute approximate surface area is 98.7 Å². The molecule has 0 spiro atoms. The van der Waals surface area contributed by atoms with Crippen LogP contribution < -0.4 is 0 Å². The lowest BCUT2D eigenvalue weighted by Crippen LogP contribution is -2.14. The van der Waals surface area contributed by atoms with Crippen LogP contribution in [0.15, 0.2) is 11.6 Å². The predicted molar refractivity (Wildman–Crippen MR) is 66.4 cm³/mol. The number of aliphatic carboxylic acids is 1. The average Bonchev–Trinajstić information content (AvgIpc) is 2.28. The summed E-state index contributed by atoms with van der Waals surface area (Å²) in [4.78, 5) is 10.7. The van der Waals surface area contributed by atoms with Crippen LogP contribution in [0, 0.1) is 11.8 Å². The van der Waals surface area contributed by atoms with Gasteiger partial charge >= 0.3 is 5.97 Å². The van der Waals surface area contributed by atoms with E-state index >= 15 is 0 Å². The van der Waals surface area contributed by atoms with E-state index in [1.165, 1.54) is 44.9 Å². The van der Waals surface area contributed by atoms with Crippen molar-refractivity contribution in [3.63, 3.8) is 0 Å². The van der Waals surface area contributed by atoms with Gasteiger partial charge in [-0.1, -0.05) is 32.3 Å². The Morgan fingerprint density at radius 3 is 2.44 bits per heavy atom. The standard InChI is InChI=1S/C14H24O2/c1-3-4-5-12-6-8-13(9-7-12)10-11(2)14(15)16/h10,12-13H,3-9H2,1-2H3,(H,15,16)/b11-10+. The minimum Gasteiger partial charge on any atom is -0.478 e. The number of rotatable bonds is 5. The van der Waals surface area contributed by atoms with Crippen molar-refractivity contribution in [3.8, 4) is 0 Å². The molecule has 1 N–H and O–H groups in total. The molecule has 0 atom stereocenters. The maximum Gasteiger partial charge on any atom is 0.330 e. The van der Waals surface area contributed by atoms with Crippen molar-refractivity contribution in [2.45, 2.75) is 58.8 Å². The van der Waals surface area contributed by atoms with Crippen LogP contribution in [0.25, 0.3) is 0 Å². The first-order valence-corrected chi connectivity index (χ1v) is 6.55. The van der Waals surface area contributed by atoms with Gasteiger partial charge in [0.25, 0.3) is 0 Å². The van der Waals surface area contributed by atoms with E-state index < -0.39 is 5.97 Å². The quantitative estimate of drug-likeness (QED) is 0.716. The molecular weight excluding hydrogens is 200 g/mol. The van der Waals surface area contributed by atoms with Crippen molar-refractivity contribution in [3.05, 3.63) is 11.6 Å². The molecule has 2 nitrogen and oxygen atoms in total. The minimum absolute atomic E-state index is 0.508. The number of hydrogen-bond acceptors (Lipinski definition) is 1. The number of unbranched alkanes of at least 4 members (excludes halogenated alkanes) is 1. The Hall–Kier alpha value is -0.790. The van der Waals surface area contributed by atoms with Crippen molar-refractivity contribution in [1.29, 1.82) is 0 Å². The third-order valence-electron chi connectivity index (χ3n) is 3.68. The van der Waals surface area contributed by atoms with E-state index in [4.69, 9.17) is 5.11 Å². The fraction of sp³-hybridized carbons (Fsp3) is 0.786. The van der Waals surface area contributed by atoms with Crippen LogP contribution in [0.1, 0.15) is 58.8 Å². The largest absolute Gasteiger partial charge is 0.478 e. The SMILES string of the molecule is CCCCC1CCC(/C=C(\C)C(=O)O)CC1. The Bertz CT molecular complexity index is 247. The summed E-state index contributed by atoms with van der Waals surface area (Å²) in [7, 11) is 0. The number of allylic oxidation sites excluding steroid dienone is 1. The van der Waals surface area contributed by atoms with Crippen molar-refractivity contribution in [1.82, 2.24) is 0 Å². The molecule has 0 unspecified atom stereocenters. The van der Waals surface area contributed by atoms with Gasteiger partial charge in [-0.15, -0.1) is 0 Å².